The summed E-state index contributed by atoms with van der Waals surface area (Å²) >= 11 is 0. The number of pyridine rings is 3. The van der Waals surface area contributed by atoms with E-state index in [9.17, 15) is 4.79 Å². The molecular formula is C24H21N7O. The van der Waals surface area contributed by atoms with E-state index in [-0.39, 0.29) is 5.91 Å². The van der Waals surface area contributed by atoms with E-state index in [2.05, 4.69) is 24.8 Å². The molecule has 0 bridgehead atoms. The van der Waals surface area contributed by atoms with Crippen LogP contribution >= 0.6 is 0 Å². The van der Waals surface area contributed by atoms with Gasteiger partial charge in [0.15, 0.2) is 11.5 Å². The molecule has 0 radical (unpaired) electrons. The van der Waals surface area contributed by atoms with Crippen molar-refractivity contribution in [3.8, 4) is 11.5 Å². The minimum absolute atomic E-state index is 0.240. The summed E-state index contributed by atoms with van der Waals surface area (Å²) in [6.45, 7) is 3.00. The Morgan fingerprint density at radius 3 is 2.50 bits per heavy atom. The number of carbonyl (C=O) groups is 1. The molecule has 0 unspecified atom stereocenters. The smallest absolute Gasteiger partial charge is 0.272 e. The molecule has 1 N–H and O–H groups in total. The van der Waals surface area contributed by atoms with Crippen LogP contribution in [0, 0.1) is 6.92 Å². The van der Waals surface area contributed by atoms with E-state index in [1.165, 1.54) is 0 Å². The molecule has 0 saturated carbocycles. The molecular weight excluding hydrogens is 402 g/mol. The predicted octanol–water partition coefficient (Wildman–Crippen LogP) is 3.27. The van der Waals surface area contributed by atoms with E-state index in [0.717, 1.165) is 22.5 Å². The van der Waals surface area contributed by atoms with E-state index in [0.29, 0.717) is 30.3 Å². The molecule has 0 atom stereocenters. The first-order valence-electron chi connectivity index (χ1n) is 10.3. The quantitative estimate of drug-likeness (QED) is 0.453. The molecule has 0 aliphatic heterocycles. The van der Waals surface area contributed by atoms with Gasteiger partial charge in [-0.25, -0.2) is 9.97 Å². The fourth-order valence-corrected chi connectivity index (χ4v) is 3.62. The number of fused-ring (bicyclic) bond motifs is 1. The highest BCUT2D eigenvalue weighted by molar-refractivity contribution is 5.99. The standard InChI is InChI=1S/C24H21N7O/c1-17-28-20(16-30(17)15-19-7-5-10-26-13-19)23-29-22(21-8-2-3-11-31(21)23)24(32)27-14-18-6-4-9-25-12-18/h2-13,16H,14-15H2,1H3,(H,27,32). The fourth-order valence-electron chi connectivity index (χ4n) is 3.62. The van der Waals surface area contributed by atoms with E-state index >= 15 is 0 Å². The first-order valence-corrected chi connectivity index (χ1v) is 10.3. The lowest BCUT2D eigenvalue weighted by molar-refractivity contribution is 0.0948. The summed E-state index contributed by atoms with van der Waals surface area (Å²) in [5, 5.41) is 2.93. The Hall–Kier alpha value is -4.33. The highest BCUT2D eigenvalue weighted by Crippen LogP contribution is 2.23. The number of carbonyl (C=O) groups excluding carboxylic acids is 1. The van der Waals surface area contributed by atoms with Gasteiger partial charge in [0.2, 0.25) is 0 Å². The number of hydrogen-bond donors (Lipinski definition) is 1. The van der Waals surface area contributed by atoms with Crippen molar-refractivity contribution in [1.82, 2.24) is 34.2 Å². The van der Waals surface area contributed by atoms with Crippen molar-refractivity contribution in [3.05, 3.63) is 102 Å². The van der Waals surface area contributed by atoms with E-state index in [1.54, 1.807) is 18.6 Å². The van der Waals surface area contributed by atoms with Crippen molar-refractivity contribution in [3.63, 3.8) is 0 Å². The van der Waals surface area contributed by atoms with Crippen LogP contribution in [0.25, 0.3) is 17.0 Å². The number of nitrogens with one attached hydrogen (secondary N) is 1. The van der Waals surface area contributed by atoms with Gasteiger partial charge in [0.05, 0.1) is 12.1 Å². The molecule has 8 heteroatoms. The highest BCUT2D eigenvalue weighted by atomic mass is 16.1. The Morgan fingerprint density at radius 1 is 0.969 bits per heavy atom. The van der Waals surface area contributed by atoms with Crippen molar-refractivity contribution < 1.29 is 4.79 Å². The van der Waals surface area contributed by atoms with Crippen LogP contribution in [0.2, 0.25) is 0 Å². The molecule has 5 aromatic heterocycles. The van der Waals surface area contributed by atoms with Crippen LogP contribution in [0.1, 0.15) is 27.4 Å². The zero-order chi connectivity index (χ0) is 21.9. The third-order valence-corrected chi connectivity index (χ3v) is 5.22. The fraction of sp³-hybridized carbons (Fsp3) is 0.125. The second-order valence-corrected chi connectivity index (χ2v) is 7.45. The van der Waals surface area contributed by atoms with E-state index in [1.807, 2.05) is 72.4 Å². The van der Waals surface area contributed by atoms with Gasteiger partial charge in [-0.1, -0.05) is 18.2 Å². The zero-order valence-corrected chi connectivity index (χ0v) is 17.5. The van der Waals surface area contributed by atoms with Gasteiger partial charge in [0.1, 0.15) is 11.5 Å². The first-order chi connectivity index (χ1) is 15.7. The van der Waals surface area contributed by atoms with Gasteiger partial charge in [-0.3, -0.25) is 19.2 Å². The van der Waals surface area contributed by atoms with Crippen molar-refractivity contribution in [2.45, 2.75) is 20.0 Å². The van der Waals surface area contributed by atoms with Gasteiger partial charge < -0.3 is 9.88 Å². The molecule has 32 heavy (non-hydrogen) atoms. The molecule has 0 spiro atoms. The average molecular weight is 423 g/mol. The van der Waals surface area contributed by atoms with Gasteiger partial charge in [-0.05, 0) is 42.3 Å². The van der Waals surface area contributed by atoms with Crippen LogP contribution < -0.4 is 5.32 Å². The van der Waals surface area contributed by atoms with Crippen LogP contribution in [-0.2, 0) is 13.1 Å². The Bertz CT molecular complexity index is 1370. The number of imidazole rings is 2. The van der Waals surface area contributed by atoms with Crippen LogP contribution in [-0.4, -0.2) is 34.8 Å². The Morgan fingerprint density at radius 2 is 1.75 bits per heavy atom. The molecule has 158 valence electrons. The van der Waals surface area contributed by atoms with Crippen molar-refractivity contribution in [2.24, 2.45) is 0 Å². The molecule has 0 aromatic carbocycles. The predicted molar refractivity (Wildman–Crippen MR) is 120 cm³/mol. The summed E-state index contributed by atoms with van der Waals surface area (Å²) in [6, 6.07) is 13.4. The highest BCUT2D eigenvalue weighted by Gasteiger charge is 2.20. The third-order valence-electron chi connectivity index (χ3n) is 5.22. The Labute approximate surface area is 184 Å². The summed E-state index contributed by atoms with van der Waals surface area (Å²) in [4.78, 5) is 30.6. The average Bonchev–Trinajstić information content (AvgIpc) is 3.39. The molecule has 5 heterocycles. The molecule has 1 amide bonds. The van der Waals surface area contributed by atoms with Gasteiger partial charge in [-0.2, -0.15) is 0 Å². The summed E-state index contributed by atoms with van der Waals surface area (Å²) in [7, 11) is 0. The number of nitrogens with zero attached hydrogens (tertiary/aromatic N) is 6. The topological polar surface area (TPSA) is 90.0 Å². The van der Waals surface area contributed by atoms with E-state index in [4.69, 9.17) is 4.98 Å². The molecule has 0 saturated heterocycles. The monoisotopic (exact) mass is 423 g/mol. The SMILES string of the molecule is Cc1nc(-c2nc(C(=O)NCc3cccnc3)c3ccccn23)cn1Cc1cccnc1. The Balaban J connectivity index is 1.46. The minimum atomic E-state index is -0.240. The molecule has 5 aromatic rings. The summed E-state index contributed by atoms with van der Waals surface area (Å²) < 4.78 is 3.95. The van der Waals surface area contributed by atoms with Crippen molar-refractivity contribution in [2.75, 3.05) is 0 Å². The number of hydrogen-bond acceptors (Lipinski definition) is 5. The minimum Gasteiger partial charge on any atom is -0.346 e. The lowest BCUT2D eigenvalue weighted by Gasteiger charge is -2.03. The molecule has 8 nitrogen and oxygen atoms in total. The van der Waals surface area contributed by atoms with Gasteiger partial charge in [0, 0.05) is 43.7 Å². The van der Waals surface area contributed by atoms with Crippen LogP contribution in [0.3, 0.4) is 0 Å². The molecule has 0 fully saturated rings. The van der Waals surface area contributed by atoms with Crippen LogP contribution in [0.15, 0.2) is 79.6 Å². The maximum atomic E-state index is 13.0. The molecule has 5 rings (SSSR count). The maximum Gasteiger partial charge on any atom is 0.272 e. The van der Waals surface area contributed by atoms with Gasteiger partial charge in [0.25, 0.3) is 5.91 Å². The summed E-state index contributed by atoms with van der Waals surface area (Å²) in [5.74, 6) is 1.24. The zero-order valence-electron chi connectivity index (χ0n) is 17.5. The number of amides is 1. The third kappa shape index (κ3) is 3.85. The lowest BCUT2D eigenvalue weighted by atomic mass is 10.2. The van der Waals surface area contributed by atoms with Crippen LogP contribution in [0.5, 0.6) is 0 Å². The number of aromatic nitrogens is 6. The number of rotatable bonds is 6. The normalized spacial score (nSPS) is 11.0. The van der Waals surface area contributed by atoms with E-state index < -0.39 is 0 Å². The maximum absolute atomic E-state index is 13.0. The summed E-state index contributed by atoms with van der Waals surface area (Å²) in [5.41, 5.74) is 3.81. The lowest BCUT2D eigenvalue weighted by Crippen LogP contribution is -2.23. The second-order valence-electron chi connectivity index (χ2n) is 7.45. The van der Waals surface area contributed by atoms with Crippen molar-refractivity contribution in [1.29, 1.82) is 0 Å². The van der Waals surface area contributed by atoms with Gasteiger partial charge in [-0.15, -0.1) is 0 Å². The Kier molecular flexibility index (Phi) is 5.17. The van der Waals surface area contributed by atoms with Crippen molar-refractivity contribution >= 4 is 11.4 Å². The van der Waals surface area contributed by atoms with Gasteiger partial charge >= 0.3 is 0 Å². The largest absolute Gasteiger partial charge is 0.346 e. The number of aryl methyl sites for hydroxylation is 1. The molecule has 0 aliphatic rings. The first kappa shape index (κ1) is 19.6. The molecule has 0 aliphatic carbocycles. The summed E-state index contributed by atoms with van der Waals surface area (Å²) in [6.07, 6.45) is 10.9. The van der Waals surface area contributed by atoms with Crippen LogP contribution in [0.4, 0.5) is 0 Å². The second kappa shape index (κ2) is 8.43.